The van der Waals surface area contributed by atoms with E-state index in [2.05, 4.69) is 10.4 Å². The van der Waals surface area contributed by atoms with Crippen LogP contribution >= 0.6 is 0 Å². The molecule has 0 aliphatic rings. The molecule has 0 aliphatic heterocycles. The molecule has 0 spiro atoms. The van der Waals surface area contributed by atoms with Crippen LogP contribution in [0.2, 0.25) is 0 Å². The molecule has 0 saturated heterocycles. The van der Waals surface area contributed by atoms with Gasteiger partial charge in [0.2, 0.25) is 5.91 Å². The van der Waals surface area contributed by atoms with Crippen molar-refractivity contribution in [2.45, 2.75) is 13.0 Å². The highest BCUT2D eigenvalue weighted by Crippen LogP contribution is 2.21. The van der Waals surface area contributed by atoms with Crippen LogP contribution in [0.15, 0.2) is 71.7 Å². The minimum atomic E-state index is -0.208. The Balaban J connectivity index is 1.39. The summed E-state index contributed by atoms with van der Waals surface area (Å²) >= 11 is 0. The number of nitrogens with one attached hydrogen (secondary N) is 1. The molecule has 0 bridgehead atoms. The van der Waals surface area contributed by atoms with Gasteiger partial charge in [0, 0.05) is 42.3 Å². The molecule has 0 fully saturated rings. The lowest BCUT2D eigenvalue weighted by Gasteiger charge is -2.09. The van der Waals surface area contributed by atoms with Crippen molar-refractivity contribution >= 4 is 16.8 Å². The summed E-state index contributed by atoms with van der Waals surface area (Å²) in [4.78, 5) is 24.6. The average Bonchev–Trinajstić information content (AvgIpc) is 3.10. The summed E-state index contributed by atoms with van der Waals surface area (Å²) < 4.78 is 8.57. The fourth-order valence-corrected chi connectivity index (χ4v) is 3.63. The summed E-state index contributed by atoms with van der Waals surface area (Å²) in [5.41, 5.74) is 3.43. The molecule has 1 N–H and O–H groups in total. The first-order valence-electron chi connectivity index (χ1n) is 10.1. The smallest absolute Gasteiger partial charge is 0.266 e. The number of aromatic nitrogens is 3. The maximum Gasteiger partial charge on any atom is 0.266 e. The number of aryl methyl sites for hydroxylation is 1. The Hall–Kier alpha value is -3.87. The van der Waals surface area contributed by atoms with Crippen LogP contribution in [0.4, 0.5) is 0 Å². The standard InChI is InChI=1S/C24H24N4O3/c1-27-16-18(20-5-3-4-6-22(20)27)15-23(29)25-13-14-28-24(30)12-11-21(26-28)17-7-9-19(31-2)10-8-17/h3-12,16H,13-15H2,1-2H3,(H,25,29). The summed E-state index contributed by atoms with van der Waals surface area (Å²) in [6.07, 6.45) is 2.27. The van der Waals surface area contributed by atoms with Gasteiger partial charge in [0.25, 0.3) is 5.56 Å². The van der Waals surface area contributed by atoms with Crippen molar-refractivity contribution in [3.05, 3.63) is 82.8 Å². The Morgan fingerprint density at radius 3 is 2.61 bits per heavy atom. The second-order valence-electron chi connectivity index (χ2n) is 7.32. The summed E-state index contributed by atoms with van der Waals surface area (Å²) in [6, 6.07) is 18.7. The molecule has 1 amide bonds. The Morgan fingerprint density at radius 2 is 1.84 bits per heavy atom. The molecule has 2 aromatic carbocycles. The number of ether oxygens (including phenoxy) is 1. The van der Waals surface area contributed by atoms with Crippen LogP contribution in [0.1, 0.15) is 5.56 Å². The van der Waals surface area contributed by atoms with Gasteiger partial charge >= 0.3 is 0 Å². The molecule has 2 heterocycles. The predicted octanol–water partition coefficient (Wildman–Crippen LogP) is 2.77. The van der Waals surface area contributed by atoms with Gasteiger partial charge in [-0.15, -0.1) is 0 Å². The molecular weight excluding hydrogens is 392 g/mol. The van der Waals surface area contributed by atoms with Crippen LogP contribution in [-0.4, -0.2) is 33.9 Å². The van der Waals surface area contributed by atoms with E-state index >= 15 is 0 Å². The van der Waals surface area contributed by atoms with Crippen LogP contribution in [0.5, 0.6) is 5.75 Å². The number of hydrogen-bond donors (Lipinski definition) is 1. The van der Waals surface area contributed by atoms with Crippen molar-refractivity contribution in [1.82, 2.24) is 19.7 Å². The molecule has 2 aromatic heterocycles. The van der Waals surface area contributed by atoms with Crippen LogP contribution in [0.25, 0.3) is 22.2 Å². The third-order valence-electron chi connectivity index (χ3n) is 5.23. The number of fused-ring (bicyclic) bond motifs is 1. The van der Waals surface area contributed by atoms with E-state index in [4.69, 9.17) is 4.74 Å². The fourth-order valence-electron chi connectivity index (χ4n) is 3.63. The molecule has 7 heteroatoms. The molecule has 0 unspecified atom stereocenters. The summed E-state index contributed by atoms with van der Waals surface area (Å²) in [5.74, 6) is 0.668. The normalized spacial score (nSPS) is 10.9. The van der Waals surface area contributed by atoms with Gasteiger partial charge in [-0.3, -0.25) is 9.59 Å². The number of carbonyl (C=O) groups excluding carboxylic acids is 1. The van der Waals surface area contributed by atoms with Gasteiger partial charge in [0.1, 0.15) is 5.75 Å². The maximum atomic E-state index is 12.4. The first-order valence-corrected chi connectivity index (χ1v) is 10.1. The summed E-state index contributed by atoms with van der Waals surface area (Å²) in [7, 11) is 3.58. The van der Waals surface area contributed by atoms with E-state index in [-0.39, 0.29) is 17.9 Å². The summed E-state index contributed by atoms with van der Waals surface area (Å²) in [6.45, 7) is 0.618. The fraction of sp³-hybridized carbons (Fsp3) is 0.208. The molecule has 0 aliphatic carbocycles. The third kappa shape index (κ3) is 4.50. The van der Waals surface area contributed by atoms with E-state index in [1.807, 2.05) is 66.3 Å². The molecule has 4 rings (SSSR count). The lowest BCUT2D eigenvalue weighted by atomic mass is 10.1. The number of methoxy groups -OCH3 is 1. The van der Waals surface area contributed by atoms with Crippen LogP contribution in [0, 0.1) is 0 Å². The number of benzene rings is 2. The first kappa shape index (κ1) is 20.4. The van der Waals surface area contributed by atoms with E-state index in [1.165, 1.54) is 10.7 Å². The van der Waals surface area contributed by atoms with Gasteiger partial charge in [0.15, 0.2) is 0 Å². The van der Waals surface area contributed by atoms with Gasteiger partial charge in [-0.2, -0.15) is 5.10 Å². The van der Waals surface area contributed by atoms with E-state index in [9.17, 15) is 9.59 Å². The number of para-hydroxylation sites is 1. The van der Waals surface area contributed by atoms with Gasteiger partial charge in [-0.25, -0.2) is 4.68 Å². The topological polar surface area (TPSA) is 78.1 Å². The van der Waals surface area contributed by atoms with Gasteiger partial charge in [0.05, 0.1) is 25.8 Å². The third-order valence-corrected chi connectivity index (χ3v) is 5.23. The van der Waals surface area contributed by atoms with Crippen LogP contribution in [0.3, 0.4) is 0 Å². The van der Waals surface area contributed by atoms with Crippen molar-refractivity contribution in [2.75, 3.05) is 13.7 Å². The van der Waals surface area contributed by atoms with Gasteiger partial charge in [-0.05, 0) is 42.0 Å². The van der Waals surface area contributed by atoms with Crippen molar-refractivity contribution in [2.24, 2.45) is 7.05 Å². The lowest BCUT2D eigenvalue weighted by Crippen LogP contribution is -2.32. The van der Waals surface area contributed by atoms with E-state index in [0.29, 0.717) is 18.8 Å². The van der Waals surface area contributed by atoms with Crippen molar-refractivity contribution in [3.63, 3.8) is 0 Å². The zero-order valence-corrected chi connectivity index (χ0v) is 17.5. The molecule has 4 aromatic rings. The molecule has 0 saturated carbocycles. The molecule has 0 radical (unpaired) electrons. The highest BCUT2D eigenvalue weighted by molar-refractivity contribution is 5.89. The van der Waals surface area contributed by atoms with E-state index < -0.39 is 0 Å². The quantitative estimate of drug-likeness (QED) is 0.503. The summed E-state index contributed by atoms with van der Waals surface area (Å²) in [5, 5.41) is 8.40. The number of rotatable bonds is 7. The molecule has 7 nitrogen and oxygen atoms in total. The highest BCUT2D eigenvalue weighted by atomic mass is 16.5. The van der Waals surface area contributed by atoms with E-state index in [1.54, 1.807) is 13.2 Å². The zero-order chi connectivity index (χ0) is 21.8. The number of carbonyl (C=O) groups is 1. The van der Waals surface area contributed by atoms with Crippen molar-refractivity contribution in [3.8, 4) is 17.0 Å². The maximum absolute atomic E-state index is 12.4. The monoisotopic (exact) mass is 416 g/mol. The van der Waals surface area contributed by atoms with E-state index in [0.717, 1.165) is 27.8 Å². The molecule has 0 atom stereocenters. The number of hydrogen-bond acceptors (Lipinski definition) is 4. The Morgan fingerprint density at radius 1 is 1.06 bits per heavy atom. The number of nitrogens with zero attached hydrogens (tertiary/aromatic N) is 3. The first-order chi connectivity index (χ1) is 15.0. The lowest BCUT2D eigenvalue weighted by molar-refractivity contribution is -0.120. The van der Waals surface area contributed by atoms with Crippen LogP contribution < -0.4 is 15.6 Å². The minimum absolute atomic E-state index is 0.0873. The second-order valence-corrected chi connectivity index (χ2v) is 7.32. The largest absolute Gasteiger partial charge is 0.497 e. The van der Waals surface area contributed by atoms with Crippen LogP contribution in [-0.2, 0) is 24.8 Å². The molecular formula is C24H24N4O3. The molecule has 31 heavy (non-hydrogen) atoms. The number of amides is 1. The van der Waals surface area contributed by atoms with Crippen molar-refractivity contribution < 1.29 is 9.53 Å². The molecule has 158 valence electrons. The van der Waals surface area contributed by atoms with Crippen molar-refractivity contribution in [1.29, 1.82) is 0 Å². The Bertz CT molecular complexity index is 1270. The Labute approximate surface area is 179 Å². The van der Waals surface area contributed by atoms with Gasteiger partial charge < -0.3 is 14.6 Å². The minimum Gasteiger partial charge on any atom is -0.497 e. The Kier molecular flexibility index (Phi) is 5.84. The zero-order valence-electron chi connectivity index (χ0n) is 17.5. The average molecular weight is 416 g/mol. The second kappa shape index (κ2) is 8.87. The van der Waals surface area contributed by atoms with Gasteiger partial charge in [-0.1, -0.05) is 18.2 Å². The highest BCUT2D eigenvalue weighted by Gasteiger charge is 2.10. The predicted molar refractivity (Wildman–Crippen MR) is 120 cm³/mol. The SMILES string of the molecule is COc1ccc(-c2ccc(=O)n(CCNC(=O)Cc3cn(C)c4ccccc34)n2)cc1.